The second-order valence-electron chi connectivity index (χ2n) is 6.48. The molecule has 1 aliphatic rings. The maximum Gasteiger partial charge on any atom is 0.407 e. The van der Waals surface area contributed by atoms with Crippen LogP contribution in [0.15, 0.2) is 0 Å². The predicted octanol–water partition coefficient (Wildman–Crippen LogP) is 2.50. The molecule has 0 spiro atoms. The first-order valence-corrected chi connectivity index (χ1v) is 9.04. The number of amides is 1. The lowest BCUT2D eigenvalue weighted by Gasteiger charge is -2.28. The molecule has 118 valence electrons. The highest BCUT2D eigenvalue weighted by Gasteiger charge is 2.29. The van der Waals surface area contributed by atoms with Crippen molar-refractivity contribution in [1.82, 2.24) is 5.32 Å². The second-order valence-corrected chi connectivity index (χ2v) is 9.05. The van der Waals surface area contributed by atoms with Crippen molar-refractivity contribution in [2.45, 2.75) is 64.2 Å². The van der Waals surface area contributed by atoms with E-state index in [1.807, 2.05) is 20.8 Å². The van der Waals surface area contributed by atoms with Gasteiger partial charge < -0.3 is 10.1 Å². The summed E-state index contributed by atoms with van der Waals surface area (Å²) in [6.07, 6.45) is 2.70. The maximum atomic E-state index is 11.8. The molecule has 5 nitrogen and oxygen atoms in total. The van der Waals surface area contributed by atoms with Gasteiger partial charge in [0.1, 0.15) is 5.60 Å². The monoisotopic (exact) mass is 305 g/mol. The van der Waals surface area contributed by atoms with E-state index in [9.17, 15) is 13.2 Å². The molecule has 1 amide bonds. The average molecular weight is 305 g/mol. The van der Waals surface area contributed by atoms with Gasteiger partial charge in [-0.1, -0.05) is 6.92 Å². The summed E-state index contributed by atoms with van der Waals surface area (Å²) in [6, 6.07) is 0. The van der Waals surface area contributed by atoms with E-state index in [2.05, 4.69) is 5.32 Å². The predicted molar refractivity (Wildman–Crippen MR) is 79.4 cm³/mol. The third kappa shape index (κ3) is 5.69. The van der Waals surface area contributed by atoms with E-state index in [1.54, 1.807) is 6.92 Å². The minimum absolute atomic E-state index is 0.190. The van der Waals surface area contributed by atoms with Crippen molar-refractivity contribution in [2.75, 3.05) is 12.3 Å². The summed E-state index contributed by atoms with van der Waals surface area (Å²) >= 11 is 0. The molecule has 1 fully saturated rings. The summed E-state index contributed by atoms with van der Waals surface area (Å²) in [6.45, 7) is 7.74. The third-order valence-corrected chi connectivity index (χ3v) is 5.93. The number of carbonyl (C=O) groups is 1. The van der Waals surface area contributed by atoms with Crippen LogP contribution in [0.1, 0.15) is 53.4 Å². The van der Waals surface area contributed by atoms with E-state index in [4.69, 9.17) is 4.74 Å². The highest BCUT2D eigenvalue weighted by atomic mass is 32.2. The number of rotatable bonds is 4. The highest BCUT2D eigenvalue weighted by molar-refractivity contribution is 7.92. The third-order valence-electron chi connectivity index (χ3n) is 3.64. The van der Waals surface area contributed by atoms with Crippen molar-refractivity contribution in [3.8, 4) is 0 Å². The molecule has 0 aliphatic heterocycles. The van der Waals surface area contributed by atoms with Crippen LogP contribution >= 0.6 is 0 Å². The lowest BCUT2D eigenvalue weighted by Crippen LogP contribution is -2.37. The fourth-order valence-electron chi connectivity index (χ4n) is 2.47. The summed E-state index contributed by atoms with van der Waals surface area (Å²) in [4.78, 5) is 11.5. The Morgan fingerprint density at radius 1 is 1.20 bits per heavy atom. The maximum absolute atomic E-state index is 11.8. The Bertz CT molecular complexity index is 417. The van der Waals surface area contributed by atoms with Gasteiger partial charge in [0, 0.05) is 12.3 Å². The Morgan fingerprint density at radius 2 is 1.75 bits per heavy atom. The van der Waals surface area contributed by atoms with Crippen molar-refractivity contribution in [3.05, 3.63) is 0 Å². The minimum atomic E-state index is -2.91. The average Bonchev–Trinajstić information content (AvgIpc) is 2.35. The molecule has 0 aromatic heterocycles. The van der Waals surface area contributed by atoms with Gasteiger partial charge >= 0.3 is 6.09 Å². The zero-order valence-corrected chi connectivity index (χ0v) is 13.8. The number of carbonyl (C=O) groups excluding carboxylic acids is 1. The number of sulfone groups is 1. The Labute approximate surface area is 122 Å². The molecule has 6 heteroatoms. The Hall–Kier alpha value is -0.780. The van der Waals surface area contributed by atoms with Crippen LogP contribution in [0, 0.1) is 5.92 Å². The van der Waals surface area contributed by atoms with Crippen LogP contribution < -0.4 is 5.32 Å². The van der Waals surface area contributed by atoms with Gasteiger partial charge in [0.25, 0.3) is 0 Å². The summed E-state index contributed by atoms with van der Waals surface area (Å²) < 4.78 is 28.8. The van der Waals surface area contributed by atoms with Crippen molar-refractivity contribution in [1.29, 1.82) is 0 Å². The number of hydrogen-bond acceptors (Lipinski definition) is 4. The topological polar surface area (TPSA) is 72.5 Å². The molecule has 1 aliphatic carbocycles. The van der Waals surface area contributed by atoms with Gasteiger partial charge in [-0.25, -0.2) is 13.2 Å². The lowest BCUT2D eigenvalue weighted by atomic mass is 9.89. The smallest absolute Gasteiger partial charge is 0.407 e. The molecule has 20 heavy (non-hydrogen) atoms. The number of hydrogen-bond donors (Lipinski definition) is 1. The normalized spacial score (nSPS) is 24.2. The van der Waals surface area contributed by atoms with E-state index in [1.165, 1.54) is 0 Å². The fraction of sp³-hybridized carbons (Fsp3) is 0.929. The first-order chi connectivity index (χ1) is 9.14. The van der Waals surface area contributed by atoms with Gasteiger partial charge in [-0.15, -0.1) is 0 Å². The SMILES string of the molecule is CCS(=O)(=O)C1CCC(CNC(=O)OC(C)(C)C)CC1. The number of nitrogens with one attached hydrogen (secondary N) is 1. The van der Waals surface area contributed by atoms with Crippen molar-refractivity contribution < 1.29 is 17.9 Å². The Kier molecular flexibility index (Phi) is 5.86. The molecule has 0 atom stereocenters. The molecule has 0 radical (unpaired) electrons. The molecule has 1 rings (SSSR count). The molecule has 1 N–H and O–H groups in total. The first kappa shape index (κ1) is 17.3. The van der Waals surface area contributed by atoms with Crippen LogP contribution in [0.25, 0.3) is 0 Å². The Morgan fingerprint density at radius 3 is 2.20 bits per heavy atom. The van der Waals surface area contributed by atoms with E-state index < -0.39 is 21.5 Å². The van der Waals surface area contributed by atoms with Crippen LogP contribution in [-0.4, -0.2) is 37.7 Å². The van der Waals surface area contributed by atoms with Crippen LogP contribution in [0.4, 0.5) is 4.79 Å². The van der Waals surface area contributed by atoms with E-state index in [0.29, 0.717) is 25.3 Å². The van der Waals surface area contributed by atoms with Crippen molar-refractivity contribution in [2.24, 2.45) is 5.92 Å². The van der Waals surface area contributed by atoms with E-state index >= 15 is 0 Å². The van der Waals surface area contributed by atoms with Crippen molar-refractivity contribution >= 4 is 15.9 Å². The summed E-state index contributed by atoms with van der Waals surface area (Å²) in [5, 5.41) is 2.58. The number of alkyl carbamates (subject to hydrolysis) is 1. The molecule has 0 unspecified atom stereocenters. The minimum Gasteiger partial charge on any atom is -0.444 e. The molecule has 0 heterocycles. The van der Waals surface area contributed by atoms with Gasteiger partial charge in [-0.2, -0.15) is 0 Å². The first-order valence-electron chi connectivity index (χ1n) is 7.32. The molecule has 0 aromatic carbocycles. The summed E-state index contributed by atoms with van der Waals surface area (Å²) in [7, 11) is -2.91. The molecular weight excluding hydrogens is 278 g/mol. The van der Waals surface area contributed by atoms with Gasteiger partial charge in [-0.05, 0) is 52.4 Å². The van der Waals surface area contributed by atoms with Gasteiger partial charge in [0.05, 0.1) is 5.25 Å². The summed E-state index contributed by atoms with van der Waals surface area (Å²) in [5.41, 5.74) is -0.489. The van der Waals surface area contributed by atoms with Gasteiger partial charge in [-0.3, -0.25) is 0 Å². The molecule has 1 saturated carbocycles. The van der Waals surface area contributed by atoms with Crippen LogP contribution in [0.5, 0.6) is 0 Å². The molecular formula is C14H27NO4S. The van der Waals surface area contributed by atoms with Crippen molar-refractivity contribution in [3.63, 3.8) is 0 Å². The zero-order valence-electron chi connectivity index (χ0n) is 12.9. The lowest BCUT2D eigenvalue weighted by molar-refractivity contribution is 0.0515. The Balaban J connectivity index is 2.32. The van der Waals surface area contributed by atoms with Crippen LogP contribution in [0.3, 0.4) is 0 Å². The van der Waals surface area contributed by atoms with Gasteiger partial charge in [0.15, 0.2) is 9.84 Å². The largest absolute Gasteiger partial charge is 0.444 e. The molecule has 0 aromatic rings. The van der Waals surface area contributed by atoms with E-state index in [0.717, 1.165) is 12.8 Å². The number of ether oxygens (including phenoxy) is 1. The molecule has 0 saturated heterocycles. The second kappa shape index (κ2) is 6.78. The van der Waals surface area contributed by atoms with Crippen LogP contribution in [-0.2, 0) is 14.6 Å². The highest BCUT2D eigenvalue weighted by Crippen LogP contribution is 2.28. The van der Waals surface area contributed by atoms with Gasteiger partial charge in [0.2, 0.25) is 0 Å². The zero-order chi connectivity index (χ0) is 15.4. The van der Waals surface area contributed by atoms with Crippen LogP contribution in [0.2, 0.25) is 0 Å². The van der Waals surface area contributed by atoms with E-state index in [-0.39, 0.29) is 11.0 Å². The molecule has 0 bridgehead atoms. The standard InChI is InChI=1S/C14H27NO4S/c1-5-20(17,18)12-8-6-11(7-9-12)10-15-13(16)19-14(2,3)4/h11-12H,5-10H2,1-4H3,(H,15,16). The quantitative estimate of drug-likeness (QED) is 0.866. The fourth-order valence-corrected chi connectivity index (χ4v) is 3.93. The summed E-state index contributed by atoms with van der Waals surface area (Å²) in [5.74, 6) is 0.573.